The highest BCUT2D eigenvalue weighted by Crippen LogP contribution is 2.46. The zero-order valence-electron chi connectivity index (χ0n) is 17.4. The third-order valence-corrected chi connectivity index (χ3v) is 8.02. The lowest BCUT2D eigenvalue weighted by atomic mass is 9.99. The normalized spacial score (nSPS) is 11.4. The molecule has 0 amide bonds. The standard InChI is InChI=1S/C30H20S2/c1-3-13-23(14-4-1)31-29-25-17-9-7-11-21(25)20-28-27(29)19-22-12-8-10-18-26(22)30(28)32-24-15-5-2-6-16-24/h1-20H. The first-order chi connectivity index (χ1) is 15.9. The van der Waals surface area contributed by atoms with Crippen molar-refractivity contribution in [2.75, 3.05) is 0 Å². The molecule has 0 bridgehead atoms. The van der Waals surface area contributed by atoms with Crippen LogP contribution < -0.4 is 0 Å². The Balaban J connectivity index is 1.70. The van der Waals surface area contributed by atoms with E-state index in [0.717, 1.165) is 0 Å². The topological polar surface area (TPSA) is 0 Å². The smallest absolute Gasteiger partial charge is 0.0279 e. The second-order valence-corrected chi connectivity index (χ2v) is 9.95. The quantitative estimate of drug-likeness (QED) is 0.248. The fourth-order valence-electron chi connectivity index (χ4n) is 4.22. The van der Waals surface area contributed by atoms with Crippen LogP contribution in [0.25, 0.3) is 32.3 Å². The highest BCUT2D eigenvalue weighted by Gasteiger charge is 2.15. The highest BCUT2D eigenvalue weighted by atomic mass is 32.2. The zero-order chi connectivity index (χ0) is 21.3. The molecule has 0 heterocycles. The maximum absolute atomic E-state index is 2.37. The lowest BCUT2D eigenvalue weighted by Crippen LogP contribution is -1.88. The minimum absolute atomic E-state index is 1.26. The molecule has 0 saturated carbocycles. The molecular formula is C30H20S2. The Labute approximate surface area is 196 Å². The predicted molar refractivity (Wildman–Crippen MR) is 140 cm³/mol. The van der Waals surface area contributed by atoms with Gasteiger partial charge in [0.25, 0.3) is 0 Å². The van der Waals surface area contributed by atoms with Gasteiger partial charge in [0.05, 0.1) is 0 Å². The van der Waals surface area contributed by atoms with Gasteiger partial charge < -0.3 is 0 Å². The van der Waals surface area contributed by atoms with Crippen molar-refractivity contribution in [2.24, 2.45) is 0 Å². The van der Waals surface area contributed by atoms with Gasteiger partial charge in [-0.25, -0.2) is 0 Å². The molecule has 0 N–H and O–H groups in total. The monoisotopic (exact) mass is 444 g/mol. The SMILES string of the molecule is c1ccc(Sc2c3ccccc3cc3c(Sc4ccccc4)c4ccccc4cc23)cc1. The van der Waals surface area contributed by atoms with E-state index in [4.69, 9.17) is 0 Å². The van der Waals surface area contributed by atoms with Crippen molar-refractivity contribution in [3.8, 4) is 0 Å². The molecule has 6 aromatic rings. The molecule has 0 aliphatic rings. The van der Waals surface area contributed by atoms with Gasteiger partial charge in [-0.1, -0.05) is 108 Å². The second kappa shape index (κ2) is 8.38. The summed E-state index contributed by atoms with van der Waals surface area (Å²) in [6, 6.07) is 43.6. The van der Waals surface area contributed by atoms with E-state index in [1.54, 1.807) is 0 Å². The van der Waals surface area contributed by atoms with Crippen molar-refractivity contribution in [1.82, 2.24) is 0 Å². The van der Waals surface area contributed by atoms with E-state index in [-0.39, 0.29) is 0 Å². The maximum atomic E-state index is 2.37. The Kier molecular flexibility index (Phi) is 5.10. The summed E-state index contributed by atoms with van der Waals surface area (Å²) in [5.41, 5.74) is 0. The molecule has 152 valence electrons. The van der Waals surface area contributed by atoms with Gasteiger partial charge in [-0.05, 0) is 68.7 Å². The van der Waals surface area contributed by atoms with Crippen LogP contribution in [-0.4, -0.2) is 0 Å². The molecule has 32 heavy (non-hydrogen) atoms. The number of hydrogen-bond donors (Lipinski definition) is 0. The van der Waals surface area contributed by atoms with Gasteiger partial charge in [0.2, 0.25) is 0 Å². The van der Waals surface area contributed by atoms with Crippen LogP contribution in [0.4, 0.5) is 0 Å². The highest BCUT2D eigenvalue weighted by molar-refractivity contribution is 8.00. The first-order valence-corrected chi connectivity index (χ1v) is 12.3. The van der Waals surface area contributed by atoms with E-state index >= 15 is 0 Å². The first kappa shape index (κ1) is 19.5. The van der Waals surface area contributed by atoms with Crippen LogP contribution in [0.1, 0.15) is 0 Å². The van der Waals surface area contributed by atoms with Crippen LogP contribution in [-0.2, 0) is 0 Å². The summed E-state index contributed by atoms with van der Waals surface area (Å²) in [5.74, 6) is 0. The molecule has 0 nitrogen and oxygen atoms in total. The van der Waals surface area contributed by atoms with Crippen LogP contribution in [0.3, 0.4) is 0 Å². The van der Waals surface area contributed by atoms with E-state index in [0.29, 0.717) is 0 Å². The van der Waals surface area contributed by atoms with Crippen LogP contribution >= 0.6 is 23.5 Å². The minimum Gasteiger partial charge on any atom is -0.0888 e. The third-order valence-electron chi connectivity index (χ3n) is 5.72. The molecule has 0 aliphatic carbocycles. The molecule has 0 radical (unpaired) electrons. The van der Waals surface area contributed by atoms with Gasteiger partial charge in [-0.2, -0.15) is 0 Å². The van der Waals surface area contributed by atoms with Crippen LogP contribution in [0.2, 0.25) is 0 Å². The minimum atomic E-state index is 1.26. The van der Waals surface area contributed by atoms with E-state index in [1.165, 1.54) is 51.9 Å². The van der Waals surface area contributed by atoms with Gasteiger partial charge in [-0.3, -0.25) is 0 Å². The van der Waals surface area contributed by atoms with E-state index < -0.39 is 0 Å². The molecule has 2 heteroatoms. The van der Waals surface area contributed by atoms with E-state index in [2.05, 4.69) is 121 Å². The summed E-state index contributed by atoms with van der Waals surface area (Å²) in [5, 5.41) is 7.80. The van der Waals surface area contributed by atoms with E-state index in [9.17, 15) is 0 Å². The van der Waals surface area contributed by atoms with Gasteiger partial charge >= 0.3 is 0 Å². The Morgan fingerprint density at radius 1 is 0.344 bits per heavy atom. The number of fused-ring (bicyclic) bond motifs is 3. The predicted octanol–water partition coefficient (Wildman–Crippen LogP) is 9.45. The second-order valence-electron chi connectivity index (χ2n) is 7.78. The van der Waals surface area contributed by atoms with E-state index in [1.807, 2.05) is 23.5 Å². The summed E-state index contributed by atoms with van der Waals surface area (Å²) in [7, 11) is 0. The fourth-order valence-corrected chi connectivity index (χ4v) is 6.43. The van der Waals surface area contributed by atoms with Crippen molar-refractivity contribution in [2.45, 2.75) is 19.6 Å². The molecule has 0 unspecified atom stereocenters. The molecule has 0 saturated heterocycles. The molecule has 0 aliphatic heterocycles. The van der Waals surface area contributed by atoms with Gasteiger partial charge in [-0.15, -0.1) is 0 Å². The van der Waals surface area contributed by atoms with Crippen molar-refractivity contribution in [3.05, 3.63) is 121 Å². The summed E-state index contributed by atoms with van der Waals surface area (Å²) in [4.78, 5) is 5.17. The average Bonchev–Trinajstić information content (AvgIpc) is 2.85. The molecule has 0 fully saturated rings. The molecule has 0 spiro atoms. The third kappa shape index (κ3) is 3.56. The molecule has 0 atom stereocenters. The first-order valence-electron chi connectivity index (χ1n) is 10.7. The lowest BCUT2D eigenvalue weighted by molar-refractivity contribution is 1.44. The number of rotatable bonds is 4. The summed E-state index contributed by atoms with van der Waals surface area (Å²) in [6.45, 7) is 0. The van der Waals surface area contributed by atoms with Crippen molar-refractivity contribution >= 4 is 55.8 Å². The molecule has 6 aromatic carbocycles. The molecular weight excluding hydrogens is 424 g/mol. The Morgan fingerprint density at radius 3 is 1.16 bits per heavy atom. The lowest BCUT2D eigenvalue weighted by Gasteiger charge is -2.16. The van der Waals surface area contributed by atoms with Crippen molar-refractivity contribution in [3.63, 3.8) is 0 Å². The molecule has 6 rings (SSSR count). The fraction of sp³-hybridized carbons (Fsp3) is 0. The Hall–Kier alpha value is -3.20. The maximum Gasteiger partial charge on any atom is 0.0279 e. The average molecular weight is 445 g/mol. The number of benzene rings is 6. The van der Waals surface area contributed by atoms with Crippen molar-refractivity contribution < 1.29 is 0 Å². The molecule has 0 aromatic heterocycles. The Bertz CT molecular complexity index is 1430. The van der Waals surface area contributed by atoms with Crippen molar-refractivity contribution in [1.29, 1.82) is 0 Å². The Morgan fingerprint density at radius 2 is 0.719 bits per heavy atom. The number of hydrogen-bond acceptors (Lipinski definition) is 2. The van der Waals surface area contributed by atoms with Gasteiger partial charge in [0.1, 0.15) is 0 Å². The largest absolute Gasteiger partial charge is 0.0888 e. The summed E-state index contributed by atoms with van der Waals surface area (Å²) in [6.07, 6.45) is 0. The summed E-state index contributed by atoms with van der Waals surface area (Å²) >= 11 is 3.72. The van der Waals surface area contributed by atoms with Crippen LogP contribution in [0.5, 0.6) is 0 Å². The van der Waals surface area contributed by atoms with Crippen LogP contribution in [0, 0.1) is 0 Å². The summed E-state index contributed by atoms with van der Waals surface area (Å²) < 4.78 is 0. The van der Waals surface area contributed by atoms with Gasteiger partial charge in [0, 0.05) is 19.6 Å². The zero-order valence-corrected chi connectivity index (χ0v) is 19.0. The van der Waals surface area contributed by atoms with Crippen LogP contribution in [0.15, 0.2) is 141 Å². The van der Waals surface area contributed by atoms with Gasteiger partial charge in [0.15, 0.2) is 0 Å².